The van der Waals surface area contributed by atoms with Crippen molar-refractivity contribution in [3.8, 4) is 0 Å². The van der Waals surface area contributed by atoms with Gasteiger partial charge in [-0.3, -0.25) is 9.30 Å². The van der Waals surface area contributed by atoms with Gasteiger partial charge in [-0.2, -0.15) is 11.8 Å². The normalized spacial score (nSPS) is 11.7. The van der Waals surface area contributed by atoms with Gasteiger partial charge in [0.05, 0.1) is 21.4 Å². The number of thioether (sulfide) groups is 1. The van der Waals surface area contributed by atoms with Gasteiger partial charge in [-0.15, -0.1) is 4.98 Å². The predicted molar refractivity (Wildman–Crippen MR) is 174 cm³/mol. The van der Waals surface area contributed by atoms with E-state index >= 15 is 0 Å². The first-order valence-corrected chi connectivity index (χ1v) is 17.8. The van der Waals surface area contributed by atoms with Crippen LogP contribution in [0.4, 0.5) is 10.8 Å². The summed E-state index contributed by atoms with van der Waals surface area (Å²) in [7, 11) is -5.24. The molecule has 0 amide bonds. The quantitative estimate of drug-likeness (QED) is 0.0491. The Labute approximate surface area is 274 Å². The lowest BCUT2D eigenvalue weighted by molar-refractivity contribution is -0.355. The van der Waals surface area contributed by atoms with Gasteiger partial charge in [0.15, 0.2) is 0 Å². The van der Waals surface area contributed by atoms with Crippen LogP contribution in [0.25, 0.3) is 0 Å². The average Bonchev–Trinajstić information content (AvgIpc) is 3.45. The summed E-state index contributed by atoms with van der Waals surface area (Å²) in [6, 6.07) is 13.7. The van der Waals surface area contributed by atoms with Crippen LogP contribution < -0.4 is 35.9 Å². The first-order valence-electron chi connectivity index (χ1n) is 12.8. The van der Waals surface area contributed by atoms with E-state index in [1.54, 1.807) is 42.1 Å². The Morgan fingerprint density at radius 3 is 2.37 bits per heavy atom. The van der Waals surface area contributed by atoms with Gasteiger partial charge < -0.3 is 31.8 Å². The average molecular weight is 713 g/mol. The van der Waals surface area contributed by atoms with E-state index in [0.29, 0.717) is 41.0 Å². The predicted octanol–water partition coefficient (Wildman–Crippen LogP) is -1.88. The van der Waals surface area contributed by atoms with E-state index in [9.17, 15) is 31.5 Å². The molecule has 20 heteroatoms. The lowest BCUT2D eigenvalue weighted by Crippen LogP contribution is -2.72. The van der Waals surface area contributed by atoms with E-state index in [4.69, 9.17) is 16.6 Å². The lowest BCUT2D eigenvalue weighted by atomic mass is 10.3. The summed E-state index contributed by atoms with van der Waals surface area (Å²) in [6.45, 7) is 0.426. The molecule has 1 heterocycles. The van der Waals surface area contributed by atoms with Crippen molar-refractivity contribution < 1.29 is 41.6 Å². The van der Waals surface area contributed by atoms with Crippen LogP contribution in [0, 0.1) is 0 Å². The Bertz CT molecular complexity index is 1770. The number of carboxylic acids is 2. The number of nitrogens with one attached hydrogen (secondary N) is 3. The van der Waals surface area contributed by atoms with Gasteiger partial charge in [0, 0.05) is 43.6 Å². The van der Waals surface area contributed by atoms with E-state index in [-0.39, 0.29) is 21.7 Å². The van der Waals surface area contributed by atoms with Crippen LogP contribution in [-0.4, -0.2) is 77.2 Å². The number of carbonyl (C=O) groups is 2. The van der Waals surface area contributed by atoms with Crippen molar-refractivity contribution >= 4 is 77.8 Å². The molecule has 3 rings (SSSR count). The molecule has 248 valence electrons. The zero-order valence-corrected chi connectivity index (χ0v) is 27.7. The summed E-state index contributed by atoms with van der Waals surface area (Å²) >= 11 is 2.98. The van der Waals surface area contributed by atoms with Crippen LogP contribution >= 0.6 is 23.1 Å². The summed E-state index contributed by atoms with van der Waals surface area (Å²) in [5.74, 6) is -1.40. The van der Waals surface area contributed by atoms with Crippen molar-refractivity contribution in [1.82, 2.24) is 15.0 Å². The highest BCUT2D eigenvalue weighted by Crippen LogP contribution is 2.23. The molecule has 0 aliphatic carbocycles. The zero-order chi connectivity index (χ0) is 34.3. The first kappa shape index (κ1) is 37.5. The van der Waals surface area contributed by atoms with E-state index < -0.39 is 32.0 Å². The molecule has 0 unspecified atom stereocenters. The topological polar surface area (TPSA) is 264 Å². The number of aliphatic carboxylic acids is 2. The summed E-state index contributed by atoms with van der Waals surface area (Å²) in [4.78, 5) is 29.7. The van der Waals surface area contributed by atoms with Crippen LogP contribution in [0.2, 0.25) is 0 Å². The second kappa shape index (κ2) is 17.7. The Hall–Kier alpha value is -4.66. The molecule has 0 spiro atoms. The van der Waals surface area contributed by atoms with Crippen molar-refractivity contribution in [3.05, 3.63) is 77.8 Å². The Balaban J connectivity index is 0.000000812. The molecular formula is C26H32N8O8S4. The van der Waals surface area contributed by atoms with Crippen LogP contribution in [-0.2, 0) is 35.4 Å². The fraction of sp³-hybridized carbons (Fsp3) is 0.192. The number of rotatable bonds is 13. The number of benzene rings is 2. The standard InChI is InChI=1S/C22H28N8O4S4.C4H4O4/c1-25-21(26-11-12-35-14-16-15-36-22(27-16)28-20(23)24)29-37(31,32)18-9-6-10-19(13-18)38(33,34)30(2)17-7-4-3-5-8-17;5-3(6)1-2-4(7)8/h3-10,13,15H,11-12,14H2,1-2H3,(H2,25,26,29)(H4,23,24,27,28);1-2H,(H,5,6)(H,7,8)/b;2-1+. The number of sulfonamides is 2. The van der Waals surface area contributed by atoms with E-state index in [1.807, 2.05) is 5.38 Å². The Kier molecular flexibility index (Phi) is 14.5. The number of hydrogen-bond acceptors (Lipinski definition) is 11. The third kappa shape index (κ3) is 12.4. The molecular weight excluding hydrogens is 681 g/mol. The summed E-state index contributed by atoms with van der Waals surface area (Å²) in [6.07, 6.45) is 0.942. The molecule has 0 bridgehead atoms. The summed E-state index contributed by atoms with van der Waals surface area (Å²) in [5, 5.41) is 22.7. The Morgan fingerprint density at radius 1 is 1.11 bits per heavy atom. The van der Waals surface area contributed by atoms with Gasteiger partial charge >= 0.3 is 11.9 Å². The maximum atomic E-state index is 13.1. The number of aliphatic imine (C=N–C) groups is 1. The maximum Gasteiger partial charge on any atom is 0.328 e. The van der Waals surface area contributed by atoms with Crippen molar-refractivity contribution in [2.45, 2.75) is 15.5 Å². The third-order valence-corrected chi connectivity index (χ3v) is 10.2. The monoisotopic (exact) mass is 712 g/mol. The van der Waals surface area contributed by atoms with Gasteiger partial charge in [-0.25, -0.2) is 31.3 Å². The van der Waals surface area contributed by atoms with Crippen LogP contribution in [0.5, 0.6) is 0 Å². The molecule has 1 aromatic heterocycles. The number of aromatic nitrogens is 1. The van der Waals surface area contributed by atoms with E-state index in [0.717, 1.165) is 16.1 Å². The summed E-state index contributed by atoms with van der Waals surface area (Å²) in [5.41, 5.74) is 12.1. The van der Waals surface area contributed by atoms with Crippen molar-refractivity contribution in [2.24, 2.45) is 16.5 Å². The number of anilines is 1. The minimum atomic E-state index is -4.11. The molecule has 46 heavy (non-hydrogen) atoms. The SMILES string of the molecule is CN=C(NCCSCc1csc([NH+]=C(N)N)n1)NS(=O)(=O)c1cccc(S(=O)(=O)N(C)c2ccccc2)c1.O=C([O-])/C=C/C(=O)O. The highest BCUT2D eigenvalue weighted by Gasteiger charge is 2.24. The molecule has 0 saturated heterocycles. The van der Waals surface area contributed by atoms with Gasteiger partial charge in [0.25, 0.3) is 25.2 Å². The van der Waals surface area contributed by atoms with Crippen molar-refractivity contribution in [2.75, 3.05) is 30.7 Å². The minimum Gasteiger partial charge on any atom is -0.545 e. The highest BCUT2D eigenvalue weighted by atomic mass is 32.2. The molecule has 8 N–H and O–H groups in total. The number of guanidine groups is 2. The second-order valence-corrected chi connectivity index (χ2v) is 14.3. The molecule has 0 saturated carbocycles. The van der Waals surface area contributed by atoms with Crippen LogP contribution in [0.15, 0.2) is 86.9 Å². The largest absolute Gasteiger partial charge is 0.545 e. The summed E-state index contributed by atoms with van der Waals surface area (Å²) < 4.78 is 55.7. The Morgan fingerprint density at radius 2 is 1.78 bits per heavy atom. The number of para-hydroxylation sites is 1. The molecule has 0 aliphatic rings. The fourth-order valence-electron chi connectivity index (χ4n) is 3.20. The zero-order valence-electron chi connectivity index (χ0n) is 24.5. The molecule has 3 aromatic rings. The molecule has 16 nitrogen and oxygen atoms in total. The highest BCUT2D eigenvalue weighted by molar-refractivity contribution is 7.98. The molecule has 0 atom stereocenters. The second-order valence-electron chi connectivity index (χ2n) is 8.65. The van der Waals surface area contributed by atoms with Gasteiger partial charge in [-0.05, 0) is 36.4 Å². The van der Waals surface area contributed by atoms with Crippen molar-refractivity contribution in [1.29, 1.82) is 0 Å². The van der Waals surface area contributed by atoms with Gasteiger partial charge in [0.2, 0.25) is 5.96 Å². The van der Waals surface area contributed by atoms with Gasteiger partial charge in [0.1, 0.15) is 5.69 Å². The maximum absolute atomic E-state index is 13.1. The number of carboxylic acid groups (broad SMARTS) is 2. The number of carbonyl (C=O) groups excluding carboxylic acids is 1. The van der Waals surface area contributed by atoms with E-state index in [1.165, 1.54) is 43.6 Å². The molecule has 0 aliphatic heterocycles. The fourth-order valence-corrected chi connectivity index (χ4v) is 7.17. The number of nitrogens with zero attached hydrogens (tertiary/aromatic N) is 3. The molecule has 0 radical (unpaired) electrons. The van der Waals surface area contributed by atoms with Gasteiger partial charge in [-0.1, -0.05) is 35.6 Å². The lowest BCUT2D eigenvalue weighted by Gasteiger charge is -2.20. The molecule has 0 fully saturated rings. The first-order chi connectivity index (χ1) is 21.6. The smallest absolute Gasteiger partial charge is 0.328 e. The number of nitrogens with two attached hydrogens (primary N) is 2. The third-order valence-electron chi connectivity index (χ3n) is 5.30. The minimum absolute atomic E-state index is 0.0365. The van der Waals surface area contributed by atoms with Crippen LogP contribution in [0.1, 0.15) is 5.69 Å². The van der Waals surface area contributed by atoms with Crippen LogP contribution in [0.3, 0.4) is 0 Å². The number of hydrogen-bond donors (Lipinski definition) is 6. The molecule has 2 aromatic carbocycles. The van der Waals surface area contributed by atoms with Crippen molar-refractivity contribution in [3.63, 3.8) is 0 Å². The van der Waals surface area contributed by atoms with E-state index in [2.05, 4.69) is 25.0 Å². The number of thiazole rings is 1.